The Labute approximate surface area is 98.1 Å². The predicted molar refractivity (Wildman–Crippen MR) is 63.9 cm³/mol. The Morgan fingerprint density at radius 1 is 1.44 bits per heavy atom. The Hall–Kier alpha value is -1.27. The molecule has 0 amide bonds. The van der Waals surface area contributed by atoms with Crippen molar-refractivity contribution in [1.82, 2.24) is 20.2 Å². The fraction of sp³-hybridized carbons (Fsp3) is 0.500. The van der Waals surface area contributed by atoms with Crippen molar-refractivity contribution < 1.29 is 0 Å². The molecule has 86 valence electrons. The first kappa shape index (κ1) is 11.2. The molecule has 0 aliphatic rings. The molecule has 0 saturated heterocycles. The summed E-state index contributed by atoms with van der Waals surface area (Å²) in [4.78, 5) is 8.60. The minimum atomic E-state index is -0.325. The van der Waals surface area contributed by atoms with Crippen molar-refractivity contribution in [1.29, 1.82) is 0 Å². The van der Waals surface area contributed by atoms with Gasteiger partial charge in [0.1, 0.15) is 6.33 Å². The number of aromatic amines is 1. The maximum absolute atomic E-state index is 6.28. The van der Waals surface area contributed by atoms with E-state index in [9.17, 15) is 0 Å². The van der Waals surface area contributed by atoms with E-state index < -0.39 is 0 Å². The third-order valence-electron chi connectivity index (χ3n) is 2.89. The summed E-state index contributed by atoms with van der Waals surface area (Å²) in [5, 5.41) is 9.45. The second-order valence-corrected chi connectivity index (χ2v) is 4.59. The second-order valence-electron chi connectivity index (χ2n) is 3.74. The van der Waals surface area contributed by atoms with Gasteiger partial charge in [-0.05, 0) is 12.8 Å². The number of thiazole rings is 1. The van der Waals surface area contributed by atoms with E-state index in [1.165, 1.54) is 6.33 Å². The van der Waals surface area contributed by atoms with Crippen molar-refractivity contribution >= 4 is 11.3 Å². The summed E-state index contributed by atoms with van der Waals surface area (Å²) in [6, 6.07) is 0. The van der Waals surface area contributed by atoms with Crippen molar-refractivity contribution in [3.63, 3.8) is 0 Å². The standard InChI is InChI=1S/C10H15N5S/c1-3-10(11,4-2)7-5-16-9(14-7)8-12-6-13-15-8/h5-6H,3-4,11H2,1-2H3,(H,12,13,15). The summed E-state index contributed by atoms with van der Waals surface area (Å²) in [5.41, 5.74) is 6.90. The molecule has 2 rings (SSSR count). The molecule has 0 saturated carbocycles. The van der Waals surface area contributed by atoms with Crippen LogP contribution in [0.3, 0.4) is 0 Å². The van der Waals surface area contributed by atoms with E-state index in [0.29, 0.717) is 5.82 Å². The summed E-state index contributed by atoms with van der Waals surface area (Å²) in [7, 11) is 0. The summed E-state index contributed by atoms with van der Waals surface area (Å²) in [6.45, 7) is 4.16. The highest BCUT2D eigenvalue weighted by atomic mass is 32.1. The molecule has 5 nitrogen and oxygen atoms in total. The van der Waals surface area contributed by atoms with Crippen molar-refractivity contribution in [2.24, 2.45) is 5.73 Å². The van der Waals surface area contributed by atoms with Crippen molar-refractivity contribution in [3.05, 3.63) is 17.4 Å². The molecule has 2 aromatic rings. The van der Waals surface area contributed by atoms with Gasteiger partial charge in [0.05, 0.1) is 11.2 Å². The minimum absolute atomic E-state index is 0.325. The number of rotatable bonds is 4. The van der Waals surface area contributed by atoms with Gasteiger partial charge in [-0.15, -0.1) is 11.3 Å². The molecule has 0 atom stereocenters. The maximum Gasteiger partial charge on any atom is 0.184 e. The third-order valence-corrected chi connectivity index (χ3v) is 3.74. The second kappa shape index (κ2) is 4.31. The molecule has 0 bridgehead atoms. The number of aromatic nitrogens is 4. The highest BCUT2D eigenvalue weighted by molar-refractivity contribution is 7.13. The van der Waals surface area contributed by atoms with Crippen LogP contribution in [0.1, 0.15) is 32.4 Å². The van der Waals surface area contributed by atoms with Gasteiger partial charge in [-0.2, -0.15) is 5.10 Å². The fourth-order valence-electron chi connectivity index (χ4n) is 1.53. The highest BCUT2D eigenvalue weighted by Gasteiger charge is 2.26. The summed E-state index contributed by atoms with van der Waals surface area (Å²) < 4.78 is 0. The van der Waals surface area contributed by atoms with Crippen LogP contribution in [0.15, 0.2) is 11.7 Å². The lowest BCUT2D eigenvalue weighted by Crippen LogP contribution is -2.35. The van der Waals surface area contributed by atoms with Crippen LogP contribution in [0, 0.1) is 0 Å². The topological polar surface area (TPSA) is 80.5 Å². The van der Waals surface area contributed by atoms with Gasteiger partial charge in [0.2, 0.25) is 0 Å². The number of nitrogens with one attached hydrogen (secondary N) is 1. The lowest BCUT2D eigenvalue weighted by Gasteiger charge is -2.24. The zero-order valence-corrected chi connectivity index (χ0v) is 10.2. The first-order chi connectivity index (χ1) is 7.69. The van der Waals surface area contributed by atoms with Gasteiger partial charge in [0.15, 0.2) is 10.8 Å². The van der Waals surface area contributed by atoms with E-state index in [-0.39, 0.29) is 5.54 Å². The molecule has 0 fully saturated rings. The average Bonchev–Trinajstić information content (AvgIpc) is 2.97. The van der Waals surface area contributed by atoms with Crippen molar-refractivity contribution in [2.45, 2.75) is 32.2 Å². The number of hydrogen-bond acceptors (Lipinski definition) is 5. The number of hydrogen-bond donors (Lipinski definition) is 2. The molecule has 6 heteroatoms. The van der Waals surface area contributed by atoms with Gasteiger partial charge in [-0.25, -0.2) is 9.97 Å². The SMILES string of the molecule is CCC(N)(CC)c1csc(-c2ncn[nH]2)n1. The average molecular weight is 237 g/mol. The molecule has 0 spiro atoms. The molecule has 0 aliphatic heterocycles. The van der Waals surface area contributed by atoms with E-state index in [4.69, 9.17) is 5.73 Å². The van der Waals surface area contributed by atoms with Gasteiger partial charge in [0, 0.05) is 5.38 Å². The molecule has 0 aliphatic carbocycles. The number of H-pyrrole nitrogens is 1. The third kappa shape index (κ3) is 1.85. The largest absolute Gasteiger partial charge is 0.320 e. The predicted octanol–water partition coefficient (Wildman–Crippen LogP) is 1.90. The Kier molecular flexibility index (Phi) is 3.02. The van der Waals surface area contributed by atoms with Crippen LogP contribution in [-0.2, 0) is 5.54 Å². The number of nitrogens with zero attached hydrogens (tertiary/aromatic N) is 3. The van der Waals surface area contributed by atoms with Crippen LogP contribution in [0.25, 0.3) is 10.8 Å². The van der Waals surface area contributed by atoms with E-state index in [1.54, 1.807) is 11.3 Å². The lowest BCUT2D eigenvalue weighted by atomic mass is 9.91. The molecule has 0 aromatic carbocycles. The van der Waals surface area contributed by atoms with Crippen LogP contribution in [0.4, 0.5) is 0 Å². The maximum atomic E-state index is 6.28. The summed E-state index contributed by atoms with van der Waals surface area (Å²) >= 11 is 1.54. The van der Waals surface area contributed by atoms with Gasteiger partial charge in [0.25, 0.3) is 0 Å². The molecular weight excluding hydrogens is 222 g/mol. The summed E-state index contributed by atoms with van der Waals surface area (Å²) in [6.07, 6.45) is 3.23. The zero-order chi connectivity index (χ0) is 11.6. The molecule has 0 unspecified atom stereocenters. The Morgan fingerprint density at radius 2 is 2.19 bits per heavy atom. The minimum Gasteiger partial charge on any atom is -0.320 e. The molecule has 2 aromatic heterocycles. The smallest absolute Gasteiger partial charge is 0.184 e. The van der Waals surface area contributed by atoms with E-state index >= 15 is 0 Å². The molecule has 16 heavy (non-hydrogen) atoms. The van der Waals surface area contributed by atoms with E-state index in [1.807, 2.05) is 5.38 Å². The van der Waals surface area contributed by atoms with Gasteiger partial charge in [-0.3, -0.25) is 5.10 Å². The van der Waals surface area contributed by atoms with E-state index in [0.717, 1.165) is 23.5 Å². The normalized spacial score (nSPS) is 11.9. The van der Waals surface area contributed by atoms with Crippen LogP contribution in [0.2, 0.25) is 0 Å². The van der Waals surface area contributed by atoms with Crippen LogP contribution >= 0.6 is 11.3 Å². The highest BCUT2D eigenvalue weighted by Crippen LogP contribution is 2.29. The van der Waals surface area contributed by atoms with Crippen LogP contribution < -0.4 is 5.73 Å². The fourth-order valence-corrected chi connectivity index (χ4v) is 2.40. The van der Waals surface area contributed by atoms with Gasteiger partial charge < -0.3 is 5.73 Å². The quantitative estimate of drug-likeness (QED) is 0.851. The Morgan fingerprint density at radius 3 is 2.75 bits per heavy atom. The summed E-state index contributed by atoms with van der Waals surface area (Å²) in [5.74, 6) is 0.700. The van der Waals surface area contributed by atoms with Crippen LogP contribution in [0.5, 0.6) is 0 Å². The lowest BCUT2D eigenvalue weighted by molar-refractivity contribution is 0.403. The van der Waals surface area contributed by atoms with Gasteiger partial charge in [-0.1, -0.05) is 13.8 Å². The molecule has 3 N–H and O–H groups in total. The van der Waals surface area contributed by atoms with Gasteiger partial charge >= 0.3 is 0 Å². The first-order valence-electron chi connectivity index (χ1n) is 5.30. The zero-order valence-electron chi connectivity index (χ0n) is 9.40. The van der Waals surface area contributed by atoms with Crippen molar-refractivity contribution in [2.75, 3.05) is 0 Å². The number of nitrogens with two attached hydrogens (primary N) is 1. The monoisotopic (exact) mass is 237 g/mol. The van der Waals surface area contributed by atoms with E-state index in [2.05, 4.69) is 34.0 Å². The molecule has 2 heterocycles. The first-order valence-corrected chi connectivity index (χ1v) is 6.18. The molecular formula is C10H15N5S. The Balaban J connectivity index is 2.33. The van der Waals surface area contributed by atoms with Crippen molar-refractivity contribution in [3.8, 4) is 10.8 Å². The molecule has 0 radical (unpaired) electrons. The van der Waals surface area contributed by atoms with Crippen LogP contribution in [-0.4, -0.2) is 20.2 Å². The Bertz CT molecular complexity index is 443.